The Morgan fingerprint density at radius 3 is 1.08 bits per heavy atom. The Morgan fingerprint density at radius 2 is 0.840 bits per heavy atom. The summed E-state index contributed by atoms with van der Waals surface area (Å²) < 4.78 is 0. The minimum Gasteiger partial charge on any atom is -0.214 e. The van der Waals surface area contributed by atoms with Crippen LogP contribution in [0.1, 0.15) is 0 Å². The van der Waals surface area contributed by atoms with Crippen molar-refractivity contribution in [3.63, 3.8) is 0 Å². The zero-order valence-electron chi connectivity index (χ0n) is 14.4. The van der Waals surface area contributed by atoms with Crippen LogP contribution in [0, 0.1) is 0 Å². The smallest absolute Gasteiger partial charge is 0.214 e. The summed E-state index contributed by atoms with van der Waals surface area (Å²) in [5, 5.41) is 2.88. The molecule has 0 aromatic heterocycles. The zero-order chi connectivity index (χ0) is 16.9. The van der Waals surface area contributed by atoms with Crippen LogP contribution in [0.25, 0.3) is 0 Å². The molecular weight excluding hydrogens is 362 g/mol. The first-order chi connectivity index (χ1) is 11.9. The molecule has 4 aromatic carbocycles. The molecule has 2 heteroatoms. The van der Waals surface area contributed by atoms with Gasteiger partial charge in [-0.05, 0) is 25.2 Å². The molecule has 0 amide bonds. The molecule has 4 rings (SSSR count). The topological polar surface area (TPSA) is 0 Å². The normalized spacial score (nSPS) is 9.04. The average molecular weight is 385 g/mol. The van der Waals surface area contributed by atoms with Crippen molar-refractivity contribution in [2.45, 2.75) is 0 Å². The molecule has 0 saturated carbocycles. The van der Waals surface area contributed by atoms with E-state index in [1.807, 2.05) is 60.7 Å². The van der Waals surface area contributed by atoms with Crippen LogP contribution < -0.4 is 10.6 Å². The number of hydrogen-bond donors (Lipinski definition) is 0. The third kappa shape index (κ3) is 8.66. The summed E-state index contributed by atoms with van der Waals surface area (Å²) in [5.41, 5.74) is 0. The molecule has 0 aliphatic carbocycles. The fraction of sp³-hybridized carbons (Fsp3) is 0.0435. The Labute approximate surface area is 163 Å². The molecule has 0 atom stereocenters. The fourth-order valence-corrected chi connectivity index (χ4v) is 3.63. The monoisotopic (exact) mass is 385 g/mol. The molecule has 0 fully saturated rings. The second-order valence-corrected chi connectivity index (χ2v) is 7.31. The van der Waals surface area contributed by atoms with Crippen molar-refractivity contribution in [1.29, 1.82) is 0 Å². The maximum Gasteiger partial charge on any atom is 2.00 e. The van der Waals surface area contributed by atoms with E-state index in [1.54, 1.807) is 0 Å². The van der Waals surface area contributed by atoms with Crippen molar-refractivity contribution in [1.82, 2.24) is 0 Å². The summed E-state index contributed by atoms with van der Waals surface area (Å²) in [6.07, 6.45) is 0. The molecule has 4 aromatic rings. The number of rotatable bonds is 2. The summed E-state index contributed by atoms with van der Waals surface area (Å²) in [7, 11) is -0.171. The summed E-state index contributed by atoms with van der Waals surface area (Å²) in [5.74, 6) is 0. The van der Waals surface area contributed by atoms with Gasteiger partial charge in [-0.25, -0.2) is 24.3 Å². The van der Waals surface area contributed by atoms with E-state index in [9.17, 15) is 0 Å². The van der Waals surface area contributed by atoms with E-state index in [0.717, 1.165) is 0 Å². The van der Waals surface area contributed by atoms with Crippen LogP contribution in [0.3, 0.4) is 0 Å². The van der Waals surface area contributed by atoms with E-state index in [-0.39, 0.29) is 25.0 Å². The second-order valence-electron chi connectivity index (χ2n) is 5.15. The Kier molecular flexibility index (Phi) is 11.3. The first-order valence-corrected chi connectivity index (χ1v) is 9.84. The van der Waals surface area contributed by atoms with Gasteiger partial charge in [0.1, 0.15) is 0 Å². The number of benzene rings is 2. The van der Waals surface area contributed by atoms with Crippen molar-refractivity contribution in [2.75, 3.05) is 6.66 Å². The van der Waals surface area contributed by atoms with Crippen molar-refractivity contribution >= 4 is 18.5 Å². The minimum atomic E-state index is -0.171. The molecule has 0 nitrogen and oxygen atoms in total. The molecule has 0 saturated heterocycles. The van der Waals surface area contributed by atoms with E-state index in [1.165, 1.54) is 10.6 Å². The standard InChI is InChI=1S/C13H13P.2C5H5.Mn/c1-14(12-8-4-2-5-9-12)13-10-6-3-7-11-13;2*1-2-4-5-3-1;/h2-11H,1H3;2*1-5H;/q;2*-1;+2. The summed E-state index contributed by atoms with van der Waals surface area (Å²) in [6, 6.07) is 41.4. The Bertz CT molecular complexity index is 616. The average Bonchev–Trinajstić information content (AvgIpc) is 3.41. The molecule has 0 heterocycles. The van der Waals surface area contributed by atoms with Crippen molar-refractivity contribution in [2.24, 2.45) is 0 Å². The maximum atomic E-state index is 2.31. The second kappa shape index (κ2) is 13.4. The molecule has 0 unspecified atom stereocenters. The number of hydrogen-bond acceptors (Lipinski definition) is 0. The largest absolute Gasteiger partial charge is 2.00 e. The Balaban J connectivity index is 0.000000233. The zero-order valence-corrected chi connectivity index (χ0v) is 16.4. The van der Waals surface area contributed by atoms with Gasteiger partial charge in [0, 0.05) is 0 Å². The van der Waals surface area contributed by atoms with Gasteiger partial charge in [0.05, 0.1) is 0 Å². The van der Waals surface area contributed by atoms with Crippen molar-refractivity contribution < 1.29 is 17.1 Å². The third-order valence-electron chi connectivity index (χ3n) is 3.40. The van der Waals surface area contributed by atoms with Crippen LogP contribution in [0.5, 0.6) is 0 Å². The van der Waals surface area contributed by atoms with E-state index in [2.05, 4.69) is 67.3 Å². The van der Waals surface area contributed by atoms with Gasteiger partial charge in [-0.1, -0.05) is 60.7 Å². The summed E-state index contributed by atoms with van der Waals surface area (Å²) >= 11 is 0. The SMILES string of the molecule is CP(c1ccccc1)c1ccccc1.[Mn+2].c1cc[cH-]c1.c1cc[cH-]c1. The van der Waals surface area contributed by atoms with Crippen LogP contribution in [-0.2, 0) is 17.1 Å². The van der Waals surface area contributed by atoms with Crippen LogP contribution in [0.2, 0.25) is 0 Å². The Morgan fingerprint density at radius 1 is 0.520 bits per heavy atom. The third-order valence-corrected chi connectivity index (χ3v) is 5.54. The van der Waals surface area contributed by atoms with Gasteiger partial charge in [-0.2, -0.15) is 36.4 Å². The van der Waals surface area contributed by atoms with Crippen LogP contribution >= 0.6 is 7.92 Å². The minimum absolute atomic E-state index is 0. The van der Waals surface area contributed by atoms with Crippen LogP contribution in [0.15, 0.2) is 121 Å². The molecule has 0 aliphatic heterocycles. The van der Waals surface area contributed by atoms with E-state index in [4.69, 9.17) is 0 Å². The predicted octanol–water partition coefficient (Wildman–Crippen LogP) is 5.56. The fourth-order valence-electron chi connectivity index (χ4n) is 2.09. The molecule has 25 heavy (non-hydrogen) atoms. The molecule has 0 bridgehead atoms. The van der Waals surface area contributed by atoms with Crippen molar-refractivity contribution in [3.8, 4) is 0 Å². The van der Waals surface area contributed by atoms with Gasteiger partial charge in [0.2, 0.25) is 0 Å². The molecule has 0 aliphatic rings. The van der Waals surface area contributed by atoms with Crippen molar-refractivity contribution in [3.05, 3.63) is 121 Å². The van der Waals surface area contributed by atoms with Gasteiger partial charge < -0.3 is 0 Å². The quantitative estimate of drug-likeness (QED) is 0.241. The van der Waals surface area contributed by atoms with E-state index < -0.39 is 0 Å². The predicted molar refractivity (Wildman–Crippen MR) is 109 cm³/mol. The summed E-state index contributed by atoms with van der Waals surface area (Å²) in [4.78, 5) is 0. The van der Waals surface area contributed by atoms with Gasteiger partial charge in [-0.15, -0.1) is 0 Å². The summed E-state index contributed by atoms with van der Waals surface area (Å²) in [6.45, 7) is 2.31. The van der Waals surface area contributed by atoms with Gasteiger partial charge in [0.25, 0.3) is 0 Å². The Hall–Kier alpha value is -1.91. The molecular formula is C23H23MnP. The van der Waals surface area contributed by atoms with Crippen LogP contribution in [0.4, 0.5) is 0 Å². The van der Waals surface area contributed by atoms with Gasteiger partial charge in [0.15, 0.2) is 0 Å². The molecule has 0 spiro atoms. The van der Waals surface area contributed by atoms with Gasteiger partial charge >= 0.3 is 17.1 Å². The van der Waals surface area contributed by atoms with E-state index >= 15 is 0 Å². The molecule has 0 N–H and O–H groups in total. The molecule has 1 radical (unpaired) electrons. The van der Waals surface area contributed by atoms with E-state index in [0.29, 0.717) is 0 Å². The van der Waals surface area contributed by atoms with Gasteiger partial charge in [-0.3, -0.25) is 0 Å². The van der Waals surface area contributed by atoms with Crippen LogP contribution in [-0.4, -0.2) is 6.66 Å². The first kappa shape index (κ1) is 21.1. The maximum absolute atomic E-state index is 2.31. The first-order valence-electron chi connectivity index (χ1n) is 8.05. The molecule has 127 valence electrons.